The number of carbonyl (C=O) groups is 1. The lowest BCUT2D eigenvalue weighted by Crippen LogP contribution is -2.35. The van der Waals surface area contributed by atoms with E-state index in [0.29, 0.717) is 6.07 Å². The first-order chi connectivity index (χ1) is 13.0. The van der Waals surface area contributed by atoms with Gasteiger partial charge in [0, 0.05) is 24.4 Å². The van der Waals surface area contributed by atoms with Crippen molar-refractivity contribution in [2.45, 2.75) is 24.0 Å². The van der Waals surface area contributed by atoms with Gasteiger partial charge in [-0.2, -0.15) is 13.2 Å². The molecule has 6 nitrogen and oxygen atoms in total. The third-order valence-corrected chi connectivity index (χ3v) is 5.02. The molecule has 0 aliphatic carbocycles. The number of hydrogen-bond acceptors (Lipinski definition) is 4. The summed E-state index contributed by atoms with van der Waals surface area (Å²) in [6.45, 7) is 2.00. The lowest BCUT2D eigenvalue weighted by Gasteiger charge is -2.14. The average Bonchev–Trinajstić information content (AvgIpc) is 2.61. The van der Waals surface area contributed by atoms with Gasteiger partial charge in [-0.1, -0.05) is 12.1 Å². The summed E-state index contributed by atoms with van der Waals surface area (Å²) < 4.78 is 70.4. The molecule has 0 heterocycles. The van der Waals surface area contributed by atoms with E-state index in [2.05, 4.69) is 10.0 Å². The molecule has 0 radical (unpaired) electrons. The first-order valence-corrected chi connectivity index (χ1v) is 9.61. The predicted molar refractivity (Wildman–Crippen MR) is 97.5 cm³/mol. The van der Waals surface area contributed by atoms with E-state index in [1.807, 2.05) is 0 Å². The summed E-state index contributed by atoms with van der Waals surface area (Å²) >= 11 is 0. The summed E-state index contributed by atoms with van der Waals surface area (Å²) in [4.78, 5) is 12.0. The molecule has 1 amide bonds. The van der Waals surface area contributed by atoms with Crippen molar-refractivity contribution >= 4 is 21.6 Å². The van der Waals surface area contributed by atoms with E-state index < -0.39 is 27.7 Å². The molecule has 0 aromatic heterocycles. The molecule has 0 fully saturated rings. The Balaban J connectivity index is 2.24. The van der Waals surface area contributed by atoms with Crippen LogP contribution in [0, 0.1) is 0 Å². The van der Waals surface area contributed by atoms with Crippen molar-refractivity contribution in [1.82, 2.24) is 5.32 Å². The van der Waals surface area contributed by atoms with Crippen molar-refractivity contribution in [3.05, 3.63) is 59.7 Å². The zero-order chi connectivity index (χ0) is 20.9. The van der Waals surface area contributed by atoms with Gasteiger partial charge < -0.3 is 10.1 Å². The molecular formula is C18H19F3N2O4S. The highest BCUT2D eigenvalue weighted by atomic mass is 32.2. The Morgan fingerprint density at radius 1 is 1.14 bits per heavy atom. The normalized spacial score (nSPS) is 13.0. The van der Waals surface area contributed by atoms with Crippen LogP contribution in [0.4, 0.5) is 18.9 Å². The third kappa shape index (κ3) is 5.70. The molecule has 10 heteroatoms. The summed E-state index contributed by atoms with van der Waals surface area (Å²) in [6.07, 6.45) is -4.60. The van der Waals surface area contributed by atoms with Crippen molar-refractivity contribution in [2.75, 3.05) is 18.4 Å². The Hall–Kier alpha value is -2.59. The van der Waals surface area contributed by atoms with Gasteiger partial charge in [-0.05, 0) is 43.3 Å². The van der Waals surface area contributed by atoms with Crippen LogP contribution in [0.15, 0.2) is 53.4 Å². The summed E-state index contributed by atoms with van der Waals surface area (Å²) in [7, 11) is -2.71. The fraction of sp³-hybridized carbons (Fsp3) is 0.278. The zero-order valence-corrected chi connectivity index (χ0v) is 15.9. The second-order valence-electron chi connectivity index (χ2n) is 6.04. The first kappa shape index (κ1) is 21.7. The lowest BCUT2D eigenvalue weighted by molar-refractivity contribution is -0.137. The minimum Gasteiger partial charge on any atom is -0.383 e. The molecule has 28 heavy (non-hydrogen) atoms. The number of sulfonamides is 1. The van der Waals surface area contributed by atoms with E-state index in [4.69, 9.17) is 4.74 Å². The molecule has 2 aromatic rings. The van der Waals surface area contributed by atoms with Crippen LogP contribution in [-0.4, -0.2) is 34.1 Å². The highest BCUT2D eigenvalue weighted by Crippen LogP contribution is 2.31. The second-order valence-corrected chi connectivity index (χ2v) is 7.72. The number of carbonyl (C=O) groups excluding carboxylic acids is 1. The standard InChI is InChI=1S/C18H19F3N2O4S/c1-12(11-27-2)22-17(24)13-5-3-8-16(9-13)28(25,26)23-15-7-4-6-14(10-15)18(19,20)21/h3-10,12,23H,11H2,1-2H3,(H,22,24). The largest absolute Gasteiger partial charge is 0.416 e. The van der Waals surface area contributed by atoms with Crippen LogP contribution in [0.1, 0.15) is 22.8 Å². The highest BCUT2D eigenvalue weighted by molar-refractivity contribution is 7.92. The summed E-state index contributed by atoms with van der Waals surface area (Å²) in [5, 5.41) is 2.65. The third-order valence-electron chi connectivity index (χ3n) is 3.64. The van der Waals surface area contributed by atoms with Crippen molar-refractivity contribution < 1.29 is 31.1 Å². The van der Waals surface area contributed by atoms with Gasteiger partial charge in [-0.25, -0.2) is 8.42 Å². The monoisotopic (exact) mass is 416 g/mol. The number of methoxy groups -OCH3 is 1. The van der Waals surface area contributed by atoms with Crippen LogP contribution in [0.5, 0.6) is 0 Å². The van der Waals surface area contributed by atoms with E-state index in [1.54, 1.807) is 6.92 Å². The van der Waals surface area contributed by atoms with Crippen molar-refractivity contribution in [2.24, 2.45) is 0 Å². The van der Waals surface area contributed by atoms with Gasteiger partial charge in [0.1, 0.15) is 0 Å². The number of ether oxygens (including phenoxy) is 1. The number of nitrogens with one attached hydrogen (secondary N) is 2. The maximum absolute atomic E-state index is 12.8. The summed E-state index contributed by atoms with van der Waals surface area (Å²) in [5.41, 5.74) is -1.12. The Morgan fingerprint density at radius 3 is 2.46 bits per heavy atom. The molecule has 0 spiro atoms. The zero-order valence-electron chi connectivity index (χ0n) is 15.1. The fourth-order valence-electron chi connectivity index (χ4n) is 2.38. The maximum Gasteiger partial charge on any atom is 0.416 e. The van der Waals surface area contributed by atoms with Gasteiger partial charge in [-0.15, -0.1) is 0 Å². The molecule has 1 atom stereocenters. The van der Waals surface area contributed by atoms with E-state index in [-0.39, 0.29) is 28.8 Å². The predicted octanol–water partition coefficient (Wildman–Crippen LogP) is 3.27. The summed E-state index contributed by atoms with van der Waals surface area (Å²) in [5.74, 6) is -0.499. The molecule has 1 unspecified atom stereocenters. The molecule has 152 valence electrons. The highest BCUT2D eigenvalue weighted by Gasteiger charge is 2.30. The van der Waals surface area contributed by atoms with E-state index in [1.165, 1.54) is 31.4 Å². The Morgan fingerprint density at radius 2 is 1.82 bits per heavy atom. The van der Waals surface area contributed by atoms with Crippen LogP contribution >= 0.6 is 0 Å². The molecule has 0 saturated carbocycles. The quantitative estimate of drug-likeness (QED) is 0.726. The maximum atomic E-state index is 12.8. The Labute approximate surface area is 160 Å². The van der Waals surface area contributed by atoms with Gasteiger partial charge in [0.05, 0.1) is 17.1 Å². The van der Waals surface area contributed by atoms with E-state index in [0.717, 1.165) is 18.2 Å². The molecule has 0 saturated heterocycles. The van der Waals surface area contributed by atoms with E-state index >= 15 is 0 Å². The number of benzene rings is 2. The molecule has 2 aromatic carbocycles. The Kier molecular flexibility index (Phi) is 6.68. The second kappa shape index (κ2) is 8.61. The molecule has 0 bridgehead atoms. The smallest absolute Gasteiger partial charge is 0.383 e. The first-order valence-electron chi connectivity index (χ1n) is 8.13. The molecular weight excluding hydrogens is 397 g/mol. The number of hydrogen-bond donors (Lipinski definition) is 2. The molecule has 0 aliphatic heterocycles. The number of anilines is 1. The average molecular weight is 416 g/mol. The van der Waals surface area contributed by atoms with Gasteiger partial charge in [0.15, 0.2) is 0 Å². The van der Waals surface area contributed by atoms with Gasteiger partial charge in [-0.3, -0.25) is 9.52 Å². The Bertz CT molecular complexity index is 946. The number of rotatable bonds is 7. The lowest BCUT2D eigenvalue weighted by atomic mass is 10.2. The SMILES string of the molecule is COCC(C)NC(=O)c1cccc(S(=O)(=O)Nc2cccc(C(F)(F)F)c2)c1. The number of amides is 1. The minimum atomic E-state index is -4.60. The topological polar surface area (TPSA) is 84.5 Å². The fourth-order valence-corrected chi connectivity index (χ4v) is 3.47. The van der Waals surface area contributed by atoms with Crippen LogP contribution in [0.25, 0.3) is 0 Å². The van der Waals surface area contributed by atoms with Crippen molar-refractivity contribution in [3.63, 3.8) is 0 Å². The number of halogens is 3. The minimum absolute atomic E-state index is 0.0925. The van der Waals surface area contributed by atoms with Gasteiger partial charge in [0.25, 0.3) is 15.9 Å². The van der Waals surface area contributed by atoms with Crippen LogP contribution in [0.2, 0.25) is 0 Å². The summed E-state index contributed by atoms with van der Waals surface area (Å²) in [6, 6.07) is 8.73. The van der Waals surface area contributed by atoms with Gasteiger partial charge in [0.2, 0.25) is 0 Å². The van der Waals surface area contributed by atoms with Crippen LogP contribution in [0.3, 0.4) is 0 Å². The van der Waals surface area contributed by atoms with E-state index in [9.17, 15) is 26.4 Å². The van der Waals surface area contributed by atoms with Crippen molar-refractivity contribution in [1.29, 1.82) is 0 Å². The van der Waals surface area contributed by atoms with Gasteiger partial charge >= 0.3 is 6.18 Å². The molecule has 2 N–H and O–H groups in total. The van der Waals surface area contributed by atoms with Crippen LogP contribution < -0.4 is 10.0 Å². The van der Waals surface area contributed by atoms with Crippen LogP contribution in [-0.2, 0) is 20.9 Å². The van der Waals surface area contributed by atoms with Crippen molar-refractivity contribution in [3.8, 4) is 0 Å². The molecule has 0 aliphatic rings. The number of alkyl halides is 3. The molecule has 2 rings (SSSR count).